The highest BCUT2D eigenvalue weighted by atomic mass is 19.4. The summed E-state index contributed by atoms with van der Waals surface area (Å²) in [6, 6.07) is 5.13. The molecular weight excluding hydrogens is 411 g/mol. The van der Waals surface area contributed by atoms with Crippen LogP contribution < -0.4 is 4.74 Å². The molecule has 0 amide bonds. The topological polar surface area (TPSA) is 68.7 Å². The van der Waals surface area contributed by atoms with Gasteiger partial charge < -0.3 is 14.6 Å². The fraction of sp³-hybridized carbons (Fsp3) is 0.478. The number of alkyl halides is 3. The summed E-state index contributed by atoms with van der Waals surface area (Å²) in [7, 11) is 1.19. The van der Waals surface area contributed by atoms with E-state index in [2.05, 4.69) is 4.98 Å². The lowest BCUT2D eigenvalue weighted by Gasteiger charge is -2.28. The minimum absolute atomic E-state index is 0.130. The maximum absolute atomic E-state index is 12.8. The maximum atomic E-state index is 12.8. The van der Waals surface area contributed by atoms with E-state index in [1.54, 1.807) is 12.1 Å². The minimum atomic E-state index is -4.61. The summed E-state index contributed by atoms with van der Waals surface area (Å²) >= 11 is 0. The second kappa shape index (κ2) is 8.40. The highest BCUT2D eigenvalue weighted by molar-refractivity contribution is 5.90. The van der Waals surface area contributed by atoms with Crippen LogP contribution in [0.3, 0.4) is 0 Å². The predicted octanol–water partition coefficient (Wildman–Crippen LogP) is 5.77. The lowest BCUT2D eigenvalue weighted by Crippen LogP contribution is -2.19. The molecule has 0 radical (unpaired) electrons. The van der Waals surface area contributed by atoms with Crippen molar-refractivity contribution in [3.63, 3.8) is 0 Å². The zero-order valence-electron chi connectivity index (χ0n) is 18.8. The lowest BCUT2D eigenvalue weighted by molar-refractivity contribution is -0.141. The van der Waals surface area contributed by atoms with Crippen LogP contribution in [0.4, 0.5) is 13.2 Å². The molecule has 0 fully saturated rings. The van der Waals surface area contributed by atoms with Crippen molar-refractivity contribution in [2.75, 3.05) is 7.11 Å². The maximum Gasteiger partial charge on any atom is 0.433 e. The molecule has 0 aliphatic rings. The first kappa shape index (κ1) is 24.5. The Morgan fingerprint density at radius 2 is 1.52 bits per heavy atom. The fourth-order valence-electron chi connectivity index (χ4n) is 3.04. The minimum Gasteiger partial charge on any atom is -0.507 e. The van der Waals surface area contributed by atoms with E-state index in [0.29, 0.717) is 11.1 Å². The first-order valence-electron chi connectivity index (χ1n) is 9.72. The van der Waals surface area contributed by atoms with Gasteiger partial charge in [0, 0.05) is 11.1 Å². The number of hydrogen-bond acceptors (Lipinski definition) is 5. The van der Waals surface area contributed by atoms with Gasteiger partial charge in [0.15, 0.2) is 0 Å². The number of aromatic hydroxyl groups is 1. The summed E-state index contributed by atoms with van der Waals surface area (Å²) in [4.78, 5) is 16.2. The molecule has 0 aliphatic heterocycles. The number of halogens is 3. The van der Waals surface area contributed by atoms with E-state index in [1.165, 1.54) is 13.2 Å². The number of esters is 1. The number of ether oxygens (including phenoxy) is 2. The first-order valence-corrected chi connectivity index (χ1v) is 9.72. The average Bonchev–Trinajstić information content (AvgIpc) is 2.63. The summed E-state index contributed by atoms with van der Waals surface area (Å²) in [5.41, 5.74) is -0.313. The smallest absolute Gasteiger partial charge is 0.433 e. The highest BCUT2D eigenvalue weighted by Gasteiger charge is 2.33. The molecule has 0 unspecified atom stereocenters. The normalized spacial score (nSPS) is 12.6. The molecule has 2 rings (SSSR count). The molecule has 170 valence electrons. The molecule has 0 saturated heterocycles. The zero-order valence-corrected chi connectivity index (χ0v) is 18.8. The van der Waals surface area contributed by atoms with Gasteiger partial charge in [-0.1, -0.05) is 41.5 Å². The summed E-state index contributed by atoms with van der Waals surface area (Å²) in [6.07, 6.45) is -4.61. The van der Waals surface area contributed by atoms with Crippen molar-refractivity contribution in [2.24, 2.45) is 0 Å². The second-order valence-corrected chi connectivity index (χ2v) is 9.36. The number of phenols is 1. The van der Waals surface area contributed by atoms with Crippen LogP contribution in [-0.4, -0.2) is 23.2 Å². The van der Waals surface area contributed by atoms with Crippen molar-refractivity contribution >= 4 is 5.97 Å². The van der Waals surface area contributed by atoms with Crippen molar-refractivity contribution in [3.8, 4) is 11.6 Å². The summed E-state index contributed by atoms with van der Waals surface area (Å²) in [6.45, 7) is 11.2. The van der Waals surface area contributed by atoms with Crippen LogP contribution >= 0.6 is 0 Å². The molecular formula is C23H28F3NO4. The third-order valence-electron chi connectivity index (χ3n) is 4.74. The van der Waals surface area contributed by atoms with Gasteiger partial charge in [0.2, 0.25) is 5.88 Å². The third-order valence-corrected chi connectivity index (χ3v) is 4.74. The summed E-state index contributed by atoms with van der Waals surface area (Å²) < 4.78 is 48.8. The van der Waals surface area contributed by atoms with E-state index in [1.807, 2.05) is 41.5 Å². The Labute approximate surface area is 180 Å². The summed E-state index contributed by atoms with van der Waals surface area (Å²) in [5.74, 6) is -0.804. The zero-order chi connectivity index (χ0) is 23.8. The van der Waals surface area contributed by atoms with Crippen LogP contribution in [0.25, 0.3) is 0 Å². The van der Waals surface area contributed by atoms with Crippen molar-refractivity contribution in [3.05, 3.63) is 52.2 Å². The van der Waals surface area contributed by atoms with Gasteiger partial charge in [0.1, 0.15) is 18.1 Å². The van der Waals surface area contributed by atoms with Crippen LogP contribution in [0.5, 0.6) is 11.6 Å². The molecule has 5 nitrogen and oxygen atoms in total. The van der Waals surface area contributed by atoms with E-state index < -0.39 is 28.7 Å². The number of benzene rings is 1. The number of carbonyl (C=O) groups excluding carboxylic acids is 1. The molecule has 31 heavy (non-hydrogen) atoms. The Kier molecular flexibility index (Phi) is 6.64. The Hall–Kier alpha value is -2.77. The van der Waals surface area contributed by atoms with Crippen molar-refractivity contribution in [2.45, 2.75) is 65.2 Å². The number of pyridine rings is 1. The fourth-order valence-corrected chi connectivity index (χ4v) is 3.04. The molecule has 1 aromatic carbocycles. The van der Waals surface area contributed by atoms with E-state index in [-0.39, 0.29) is 29.4 Å². The lowest BCUT2D eigenvalue weighted by atomic mass is 9.78. The van der Waals surface area contributed by atoms with Gasteiger partial charge in [0.25, 0.3) is 0 Å². The van der Waals surface area contributed by atoms with Crippen LogP contribution in [-0.2, 0) is 28.4 Å². The standard InChI is InChI=1S/C23H28F3NO4/c1-21(2,3)15-10-14(11-16(18(15)28)22(4,5)6)20(29)31-12-13-8-9-17(23(24,25)26)27-19(13)30-7/h8-11,28H,12H2,1-7H3. The van der Waals surface area contributed by atoms with Crippen molar-refractivity contribution < 1.29 is 32.5 Å². The number of carbonyl (C=O) groups is 1. The van der Waals surface area contributed by atoms with Gasteiger partial charge >= 0.3 is 12.1 Å². The number of rotatable bonds is 4. The number of hydrogen-bond donors (Lipinski definition) is 1. The Bertz CT molecular complexity index is 935. The number of methoxy groups -OCH3 is 1. The monoisotopic (exact) mass is 439 g/mol. The Morgan fingerprint density at radius 3 is 1.94 bits per heavy atom. The molecule has 1 aromatic heterocycles. The molecule has 0 bridgehead atoms. The largest absolute Gasteiger partial charge is 0.507 e. The molecule has 1 heterocycles. The quantitative estimate of drug-likeness (QED) is 0.613. The van der Waals surface area contributed by atoms with Gasteiger partial charge in [-0.25, -0.2) is 9.78 Å². The van der Waals surface area contributed by atoms with Crippen LogP contribution in [0, 0.1) is 0 Å². The number of aromatic nitrogens is 1. The van der Waals surface area contributed by atoms with Crippen molar-refractivity contribution in [1.29, 1.82) is 0 Å². The van der Waals surface area contributed by atoms with E-state index in [0.717, 1.165) is 6.07 Å². The molecule has 1 N–H and O–H groups in total. The average molecular weight is 439 g/mol. The first-order chi connectivity index (χ1) is 14.1. The van der Waals surface area contributed by atoms with E-state index >= 15 is 0 Å². The summed E-state index contributed by atoms with van der Waals surface area (Å²) in [5, 5.41) is 10.8. The number of nitrogens with zero attached hydrogens (tertiary/aromatic N) is 1. The van der Waals surface area contributed by atoms with Crippen LogP contribution in [0.15, 0.2) is 24.3 Å². The number of phenolic OH excluding ortho intramolecular Hbond substituents is 1. The molecule has 0 saturated carbocycles. The van der Waals surface area contributed by atoms with Gasteiger partial charge in [-0.05, 0) is 35.1 Å². The van der Waals surface area contributed by atoms with Gasteiger partial charge in [-0.15, -0.1) is 0 Å². The van der Waals surface area contributed by atoms with E-state index in [4.69, 9.17) is 9.47 Å². The van der Waals surface area contributed by atoms with Gasteiger partial charge in [0.05, 0.1) is 18.2 Å². The highest BCUT2D eigenvalue weighted by Crippen LogP contribution is 2.40. The SMILES string of the molecule is COc1nc(C(F)(F)F)ccc1COC(=O)c1cc(C(C)(C)C)c(O)c(C(C)(C)C)c1. The van der Waals surface area contributed by atoms with Crippen LogP contribution in [0.1, 0.15) is 74.3 Å². The molecule has 0 atom stereocenters. The van der Waals surface area contributed by atoms with Gasteiger partial charge in [-0.2, -0.15) is 13.2 Å². The molecule has 8 heteroatoms. The van der Waals surface area contributed by atoms with Crippen LogP contribution in [0.2, 0.25) is 0 Å². The molecule has 0 aliphatic carbocycles. The molecule has 0 spiro atoms. The molecule has 2 aromatic rings. The predicted molar refractivity (Wildman–Crippen MR) is 110 cm³/mol. The van der Waals surface area contributed by atoms with Gasteiger partial charge in [-0.3, -0.25) is 0 Å². The van der Waals surface area contributed by atoms with E-state index in [9.17, 15) is 23.1 Å². The Balaban J connectivity index is 2.37. The Morgan fingerprint density at radius 1 is 1.00 bits per heavy atom. The van der Waals surface area contributed by atoms with Crippen molar-refractivity contribution in [1.82, 2.24) is 4.98 Å². The third kappa shape index (κ3) is 5.68. The second-order valence-electron chi connectivity index (χ2n) is 9.36.